The smallest absolute Gasteiger partial charge is 0.309 e. The van der Waals surface area contributed by atoms with Gasteiger partial charge in [-0.25, -0.2) is 0 Å². The summed E-state index contributed by atoms with van der Waals surface area (Å²) in [6.45, 7) is 8.99. The Labute approximate surface area is 175 Å². The van der Waals surface area contributed by atoms with E-state index in [0.717, 1.165) is 43.9 Å². The van der Waals surface area contributed by atoms with Crippen LogP contribution in [-0.4, -0.2) is 82.0 Å². The van der Waals surface area contributed by atoms with Crippen LogP contribution in [0.15, 0.2) is 24.3 Å². The summed E-state index contributed by atoms with van der Waals surface area (Å²) in [5.74, 6) is -0.617. The van der Waals surface area contributed by atoms with Crippen LogP contribution in [-0.2, 0) is 9.59 Å². The van der Waals surface area contributed by atoms with Gasteiger partial charge < -0.3 is 20.4 Å². The van der Waals surface area contributed by atoms with Crippen molar-refractivity contribution < 1.29 is 9.59 Å². The number of nitrogens with one attached hydrogen (secondary N) is 2. The predicted molar refractivity (Wildman–Crippen MR) is 118 cm³/mol. The molecule has 29 heavy (non-hydrogen) atoms. The summed E-state index contributed by atoms with van der Waals surface area (Å²) in [7, 11) is 6.16. The molecule has 0 radical (unpaired) electrons. The van der Waals surface area contributed by atoms with Gasteiger partial charge >= 0.3 is 11.8 Å². The van der Waals surface area contributed by atoms with E-state index in [1.54, 1.807) is 0 Å². The molecule has 2 rings (SSSR count). The van der Waals surface area contributed by atoms with E-state index in [1.165, 1.54) is 0 Å². The third-order valence-corrected chi connectivity index (χ3v) is 5.44. The number of hydrogen-bond acceptors (Lipinski definition) is 5. The number of hydrogen-bond donors (Lipinski definition) is 2. The minimum Gasteiger partial charge on any atom is -0.378 e. The second kappa shape index (κ2) is 11.2. The second-order valence-electron chi connectivity index (χ2n) is 8.49. The van der Waals surface area contributed by atoms with Gasteiger partial charge in [0.15, 0.2) is 0 Å². The van der Waals surface area contributed by atoms with Crippen LogP contribution in [0.2, 0.25) is 0 Å². The van der Waals surface area contributed by atoms with Crippen LogP contribution < -0.4 is 15.5 Å². The normalized spacial score (nSPS) is 16.5. The van der Waals surface area contributed by atoms with Crippen molar-refractivity contribution in [2.24, 2.45) is 5.92 Å². The Kier molecular flexibility index (Phi) is 8.92. The van der Waals surface area contributed by atoms with Crippen molar-refractivity contribution in [1.29, 1.82) is 0 Å². The molecule has 2 N–H and O–H groups in total. The first-order valence-corrected chi connectivity index (χ1v) is 10.5. The van der Waals surface area contributed by atoms with Gasteiger partial charge in [0.25, 0.3) is 0 Å². The Balaban J connectivity index is 2.01. The lowest BCUT2D eigenvalue weighted by Gasteiger charge is -2.38. The number of piperazine rings is 1. The standard InChI is InChI=1S/C22H37N5O2/c1-17(2)10-11-23-21(28)22(29)24-16-20(27-14-12-26(5)13-15-27)18-6-8-19(9-7-18)25(3)4/h6-9,17,20H,10-16H2,1-5H3,(H,23,28)(H,24,29). The summed E-state index contributed by atoms with van der Waals surface area (Å²) in [6.07, 6.45) is 0.862. The molecule has 1 atom stereocenters. The summed E-state index contributed by atoms with van der Waals surface area (Å²) in [4.78, 5) is 31.1. The molecule has 1 heterocycles. The molecule has 7 heteroatoms. The fourth-order valence-electron chi connectivity index (χ4n) is 3.41. The quantitative estimate of drug-likeness (QED) is 0.641. The number of amides is 2. The van der Waals surface area contributed by atoms with E-state index in [9.17, 15) is 9.59 Å². The third kappa shape index (κ3) is 7.33. The minimum absolute atomic E-state index is 0.0485. The van der Waals surface area contributed by atoms with E-state index in [4.69, 9.17) is 0 Å². The van der Waals surface area contributed by atoms with E-state index < -0.39 is 11.8 Å². The molecule has 0 saturated carbocycles. The van der Waals surface area contributed by atoms with E-state index in [0.29, 0.717) is 19.0 Å². The van der Waals surface area contributed by atoms with Crippen LogP contribution in [0.25, 0.3) is 0 Å². The average molecular weight is 404 g/mol. The molecule has 162 valence electrons. The van der Waals surface area contributed by atoms with E-state index in [2.05, 4.69) is 70.5 Å². The Bertz CT molecular complexity index is 652. The SMILES string of the molecule is CC(C)CCNC(=O)C(=O)NCC(c1ccc(N(C)C)cc1)N1CCN(C)CC1. The number of likely N-dealkylation sites (N-methyl/N-ethyl adjacent to an activating group) is 1. The zero-order chi connectivity index (χ0) is 21.4. The van der Waals surface area contributed by atoms with Gasteiger partial charge in [-0.1, -0.05) is 26.0 Å². The molecule has 1 unspecified atom stereocenters. The highest BCUT2D eigenvalue weighted by Crippen LogP contribution is 2.24. The van der Waals surface area contributed by atoms with Gasteiger partial charge in [-0.15, -0.1) is 0 Å². The molecule has 1 aliphatic heterocycles. The molecule has 0 spiro atoms. The highest BCUT2D eigenvalue weighted by molar-refractivity contribution is 6.35. The first-order chi connectivity index (χ1) is 13.8. The van der Waals surface area contributed by atoms with Crippen molar-refractivity contribution in [3.05, 3.63) is 29.8 Å². The maximum Gasteiger partial charge on any atom is 0.309 e. The van der Waals surface area contributed by atoms with Crippen LogP contribution >= 0.6 is 0 Å². The zero-order valence-corrected chi connectivity index (χ0v) is 18.6. The van der Waals surface area contributed by atoms with Crippen molar-refractivity contribution in [2.45, 2.75) is 26.3 Å². The van der Waals surface area contributed by atoms with Gasteiger partial charge in [0.05, 0.1) is 6.04 Å². The van der Waals surface area contributed by atoms with Crippen molar-refractivity contribution in [3.8, 4) is 0 Å². The molecule has 7 nitrogen and oxygen atoms in total. The van der Waals surface area contributed by atoms with Gasteiger partial charge in [-0.2, -0.15) is 0 Å². The molecular formula is C22H37N5O2. The highest BCUT2D eigenvalue weighted by Gasteiger charge is 2.25. The van der Waals surface area contributed by atoms with Crippen LogP contribution in [0.5, 0.6) is 0 Å². The van der Waals surface area contributed by atoms with Crippen LogP contribution in [0.3, 0.4) is 0 Å². The largest absolute Gasteiger partial charge is 0.378 e. The average Bonchev–Trinajstić information content (AvgIpc) is 2.69. The number of carbonyl (C=O) groups is 2. The van der Waals surface area contributed by atoms with E-state index >= 15 is 0 Å². The van der Waals surface area contributed by atoms with Crippen LogP contribution in [0.1, 0.15) is 31.9 Å². The van der Waals surface area contributed by atoms with Crippen LogP contribution in [0, 0.1) is 5.92 Å². The van der Waals surface area contributed by atoms with Crippen molar-refractivity contribution in [2.75, 3.05) is 65.3 Å². The lowest BCUT2D eigenvalue weighted by atomic mass is 10.0. The van der Waals surface area contributed by atoms with Crippen molar-refractivity contribution in [3.63, 3.8) is 0 Å². The molecule has 0 bridgehead atoms. The predicted octanol–water partition coefficient (Wildman–Crippen LogP) is 1.32. The fraction of sp³-hybridized carbons (Fsp3) is 0.636. The summed E-state index contributed by atoms with van der Waals surface area (Å²) in [6, 6.07) is 8.48. The molecule has 1 aromatic rings. The summed E-state index contributed by atoms with van der Waals surface area (Å²) in [5, 5.41) is 5.55. The van der Waals surface area contributed by atoms with Gasteiger partial charge in [-0.3, -0.25) is 14.5 Å². The molecule has 1 aromatic carbocycles. The highest BCUT2D eigenvalue weighted by atomic mass is 16.2. The van der Waals surface area contributed by atoms with Gasteiger partial charge in [0.2, 0.25) is 0 Å². The molecule has 1 saturated heterocycles. The van der Waals surface area contributed by atoms with Gasteiger partial charge in [0, 0.05) is 59.1 Å². The number of nitrogens with zero attached hydrogens (tertiary/aromatic N) is 3. The number of rotatable bonds is 8. The van der Waals surface area contributed by atoms with E-state index in [-0.39, 0.29) is 6.04 Å². The number of benzene rings is 1. The van der Waals surface area contributed by atoms with Crippen molar-refractivity contribution >= 4 is 17.5 Å². The third-order valence-electron chi connectivity index (χ3n) is 5.44. The summed E-state index contributed by atoms with van der Waals surface area (Å²) in [5.41, 5.74) is 2.29. The Morgan fingerprint density at radius 2 is 1.59 bits per heavy atom. The Hall–Kier alpha value is -2.12. The Morgan fingerprint density at radius 3 is 2.14 bits per heavy atom. The fourth-order valence-corrected chi connectivity index (χ4v) is 3.41. The zero-order valence-electron chi connectivity index (χ0n) is 18.6. The molecule has 2 amide bonds. The molecular weight excluding hydrogens is 366 g/mol. The lowest BCUT2D eigenvalue weighted by molar-refractivity contribution is -0.139. The number of carbonyl (C=O) groups excluding carboxylic acids is 2. The Morgan fingerprint density at radius 1 is 1.00 bits per heavy atom. The first kappa shape index (κ1) is 23.2. The maximum absolute atomic E-state index is 12.3. The number of anilines is 1. The topological polar surface area (TPSA) is 67.9 Å². The molecule has 1 fully saturated rings. The molecule has 0 aromatic heterocycles. The van der Waals surface area contributed by atoms with Crippen molar-refractivity contribution in [1.82, 2.24) is 20.4 Å². The molecule has 0 aliphatic carbocycles. The van der Waals surface area contributed by atoms with Gasteiger partial charge in [-0.05, 0) is 37.1 Å². The maximum atomic E-state index is 12.3. The lowest BCUT2D eigenvalue weighted by Crippen LogP contribution is -2.49. The summed E-state index contributed by atoms with van der Waals surface area (Å²) < 4.78 is 0. The van der Waals surface area contributed by atoms with E-state index in [1.807, 2.05) is 14.1 Å². The second-order valence-corrected chi connectivity index (χ2v) is 8.49. The first-order valence-electron chi connectivity index (χ1n) is 10.5. The minimum atomic E-state index is -0.558. The monoisotopic (exact) mass is 403 g/mol. The van der Waals surface area contributed by atoms with Crippen LogP contribution in [0.4, 0.5) is 5.69 Å². The summed E-state index contributed by atoms with van der Waals surface area (Å²) >= 11 is 0. The van der Waals surface area contributed by atoms with Gasteiger partial charge in [0.1, 0.15) is 0 Å². The molecule has 1 aliphatic rings.